The topological polar surface area (TPSA) is 40.1 Å². The van der Waals surface area contributed by atoms with Gasteiger partial charge in [0.1, 0.15) is 5.75 Å². The smallest absolute Gasteiger partial charge is 0.193 e. The Morgan fingerprint density at radius 1 is 1.38 bits per heavy atom. The number of rotatable bonds is 7. The van der Waals surface area contributed by atoms with Crippen LogP contribution in [-0.4, -0.2) is 63.1 Å². The number of aliphatic imine (C=N–C) groups is 1. The summed E-state index contributed by atoms with van der Waals surface area (Å²) in [5.74, 6) is 3.30. The maximum atomic E-state index is 5.47. The van der Waals surface area contributed by atoms with E-state index in [1.165, 1.54) is 38.0 Å². The molecule has 0 aliphatic carbocycles. The highest BCUT2D eigenvalue weighted by molar-refractivity contribution is 5.79. The first kappa shape index (κ1) is 20.6. The summed E-state index contributed by atoms with van der Waals surface area (Å²) in [7, 11) is 5.65. The molecule has 1 N–H and O–H groups in total. The van der Waals surface area contributed by atoms with Gasteiger partial charge in [0, 0.05) is 45.8 Å². The monoisotopic (exact) mass is 360 g/mol. The average molecular weight is 361 g/mol. The van der Waals surface area contributed by atoms with Crippen molar-refractivity contribution >= 4 is 5.96 Å². The van der Waals surface area contributed by atoms with E-state index in [0.29, 0.717) is 5.92 Å². The second-order valence-electron chi connectivity index (χ2n) is 7.76. The minimum absolute atomic E-state index is 0.693. The fraction of sp³-hybridized carbons (Fsp3) is 0.667. The second kappa shape index (κ2) is 10.4. The summed E-state index contributed by atoms with van der Waals surface area (Å²) in [5.41, 5.74) is 1.17. The molecular formula is C21H36N4O. The molecular weight excluding hydrogens is 324 g/mol. The van der Waals surface area contributed by atoms with E-state index in [0.717, 1.165) is 30.7 Å². The minimum Gasteiger partial charge on any atom is -0.496 e. The predicted octanol–water partition coefficient (Wildman–Crippen LogP) is 3.07. The third kappa shape index (κ3) is 6.20. The van der Waals surface area contributed by atoms with Gasteiger partial charge in [-0.2, -0.15) is 0 Å². The van der Waals surface area contributed by atoms with Crippen molar-refractivity contribution in [1.82, 2.24) is 15.1 Å². The summed E-state index contributed by atoms with van der Waals surface area (Å²) in [6.45, 7) is 10.0. The molecule has 0 amide bonds. The average Bonchev–Trinajstić information content (AvgIpc) is 2.62. The quantitative estimate of drug-likeness (QED) is 0.599. The normalized spacial score (nSPS) is 18.8. The van der Waals surface area contributed by atoms with Gasteiger partial charge >= 0.3 is 0 Å². The van der Waals surface area contributed by atoms with Crippen LogP contribution in [0.2, 0.25) is 0 Å². The molecule has 1 heterocycles. The van der Waals surface area contributed by atoms with Gasteiger partial charge < -0.3 is 19.9 Å². The molecule has 146 valence electrons. The van der Waals surface area contributed by atoms with Crippen LogP contribution in [0.25, 0.3) is 0 Å². The number of nitrogens with zero attached hydrogens (tertiary/aromatic N) is 3. The van der Waals surface area contributed by atoms with Crippen molar-refractivity contribution in [2.24, 2.45) is 16.8 Å². The number of piperidine rings is 1. The molecule has 1 aliphatic heterocycles. The summed E-state index contributed by atoms with van der Waals surface area (Å²) in [6.07, 6.45) is 2.60. The number of hydrogen-bond donors (Lipinski definition) is 1. The fourth-order valence-electron chi connectivity index (χ4n) is 3.78. The molecule has 1 aromatic rings. The van der Waals surface area contributed by atoms with E-state index in [1.807, 2.05) is 25.2 Å². The molecule has 0 aromatic heterocycles. The summed E-state index contributed by atoms with van der Waals surface area (Å²) in [5, 5.41) is 3.58. The van der Waals surface area contributed by atoms with E-state index in [2.05, 4.69) is 47.1 Å². The molecule has 5 heteroatoms. The molecule has 0 spiro atoms. The predicted molar refractivity (Wildman–Crippen MR) is 110 cm³/mol. The Morgan fingerprint density at radius 2 is 2.15 bits per heavy atom. The van der Waals surface area contributed by atoms with Crippen LogP contribution in [0.1, 0.15) is 32.3 Å². The first-order valence-corrected chi connectivity index (χ1v) is 9.79. The lowest BCUT2D eigenvalue weighted by molar-refractivity contribution is 0.159. The first-order valence-electron chi connectivity index (χ1n) is 9.79. The van der Waals surface area contributed by atoms with Crippen LogP contribution >= 0.6 is 0 Å². The molecule has 5 nitrogen and oxygen atoms in total. The molecule has 1 atom stereocenters. The molecule has 1 unspecified atom stereocenters. The van der Waals surface area contributed by atoms with Gasteiger partial charge in [0.05, 0.1) is 7.11 Å². The van der Waals surface area contributed by atoms with Crippen molar-refractivity contribution in [3.8, 4) is 5.75 Å². The second-order valence-corrected chi connectivity index (χ2v) is 7.76. The molecule has 0 saturated carbocycles. The van der Waals surface area contributed by atoms with Crippen LogP contribution in [0, 0.1) is 11.8 Å². The van der Waals surface area contributed by atoms with Crippen molar-refractivity contribution in [3.05, 3.63) is 29.8 Å². The fourth-order valence-corrected chi connectivity index (χ4v) is 3.78. The zero-order valence-corrected chi connectivity index (χ0v) is 17.2. The highest BCUT2D eigenvalue weighted by Gasteiger charge is 2.21. The van der Waals surface area contributed by atoms with E-state index in [4.69, 9.17) is 4.74 Å². The van der Waals surface area contributed by atoms with Gasteiger partial charge in [-0.15, -0.1) is 0 Å². The number of hydrogen-bond acceptors (Lipinski definition) is 3. The van der Waals surface area contributed by atoms with Gasteiger partial charge in [0.15, 0.2) is 5.96 Å². The summed E-state index contributed by atoms with van der Waals surface area (Å²) >= 11 is 0. The third-order valence-electron chi connectivity index (χ3n) is 4.95. The van der Waals surface area contributed by atoms with E-state index in [-0.39, 0.29) is 0 Å². The van der Waals surface area contributed by atoms with E-state index < -0.39 is 0 Å². The van der Waals surface area contributed by atoms with Crippen molar-refractivity contribution in [2.45, 2.75) is 33.2 Å². The third-order valence-corrected chi connectivity index (χ3v) is 4.95. The maximum Gasteiger partial charge on any atom is 0.193 e. The van der Waals surface area contributed by atoms with E-state index in [9.17, 15) is 0 Å². The molecule has 2 rings (SSSR count). The van der Waals surface area contributed by atoms with Gasteiger partial charge in [-0.1, -0.05) is 32.0 Å². The van der Waals surface area contributed by atoms with E-state index >= 15 is 0 Å². The molecule has 1 fully saturated rings. The van der Waals surface area contributed by atoms with Gasteiger partial charge in [-0.05, 0) is 37.3 Å². The van der Waals surface area contributed by atoms with Crippen LogP contribution in [0.5, 0.6) is 5.75 Å². The summed E-state index contributed by atoms with van der Waals surface area (Å²) < 4.78 is 5.47. The lowest BCUT2D eigenvalue weighted by atomic mass is 9.97. The Labute approximate surface area is 159 Å². The lowest BCUT2D eigenvalue weighted by Crippen LogP contribution is -2.45. The molecule has 0 bridgehead atoms. The maximum absolute atomic E-state index is 5.47. The number of para-hydroxylation sites is 1. The molecule has 1 saturated heterocycles. The van der Waals surface area contributed by atoms with Crippen molar-refractivity contribution in [1.29, 1.82) is 0 Å². The van der Waals surface area contributed by atoms with Crippen LogP contribution in [0.15, 0.2) is 29.3 Å². The SMILES string of the molecule is CN=C(NCC1CCCN(CC(C)C)C1)N(C)Cc1ccccc1OC. The van der Waals surface area contributed by atoms with E-state index in [1.54, 1.807) is 7.11 Å². The molecule has 26 heavy (non-hydrogen) atoms. The van der Waals surface area contributed by atoms with Crippen LogP contribution in [-0.2, 0) is 6.54 Å². The number of guanidine groups is 1. The molecule has 1 aliphatic rings. The summed E-state index contributed by atoms with van der Waals surface area (Å²) in [6, 6.07) is 8.16. The van der Waals surface area contributed by atoms with Crippen molar-refractivity contribution in [3.63, 3.8) is 0 Å². The van der Waals surface area contributed by atoms with Gasteiger partial charge in [-0.3, -0.25) is 4.99 Å². The van der Waals surface area contributed by atoms with Crippen molar-refractivity contribution < 1.29 is 4.74 Å². The Balaban J connectivity index is 1.86. The van der Waals surface area contributed by atoms with Crippen LogP contribution in [0.4, 0.5) is 0 Å². The Hall–Kier alpha value is -1.75. The number of benzene rings is 1. The van der Waals surface area contributed by atoms with Crippen LogP contribution in [0.3, 0.4) is 0 Å². The Morgan fingerprint density at radius 3 is 2.85 bits per heavy atom. The number of nitrogens with one attached hydrogen (secondary N) is 1. The number of likely N-dealkylation sites (tertiary alicyclic amines) is 1. The number of methoxy groups -OCH3 is 1. The van der Waals surface area contributed by atoms with Crippen molar-refractivity contribution in [2.75, 3.05) is 47.4 Å². The standard InChI is InChI=1S/C21H36N4O/c1-17(2)14-25-12-8-9-18(15-25)13-23-21(22-3)24(4)16-19-10-6-7-11-20(19)26-5/h6-7,10-11,17-18H,8-9,12-16H2,1-5H3,(H,22,23). The zero-order chi connectivity index (χ0) is 18.9. The number of ether oxygens (including phenoxy) is 1. The lowest BCUT2D eigenvalue weighted by Gasteiger charge is -2.34. The molecule has 1 aromatic carbocycles. The zero-order valence-electron chi connectivity index (χ0n) is 17.2. The van der Waals surface area contributed by atoms with Crippen LogP contribution < -0.4 is 10.1 Å². The first-order chi connectivity index (χ1) is 12.5. The van der Waals surface area contributed by atoms with Gasteiger partial charge in [0.25, 0.3) is 0 Å². The van der Waals surface area contributed by atoms with Gasteiger partial charge in [-0.25, -0.2) is 0 Å². The minimum atomic E-state index is 0.693. The Bertz CT molecular complexity index is 573. The highest BCUT2D eigenvalue weighted by atomic mass is 16.5. The largest absolute Gasteiger partial charge is 0.496 e. The highest BCUT2D eigenvalue weighted by Crippen LogP contribution is 2.19. The Kier molecular flexibility index (Phi) is 8.23. The van der Waals surface area contributed by atoms with Gasteiger partial charge in [0.2, 0.25) is 0 Å². The molecule has 0 radical (unpaired) electrons. The summed E-state index contributed by atoms with van der Waals surface area (Å²) in [4.78, 5) is 9.24.